The molecule has 0 saturated heterocycles. The predicted molar refractivity (Wildman–Crippen MR) is 62.0 cm³/mol. The molecule has 0 aliphatic carbocycles. The third kappa shape index (κ3) is 5.49. The Bertz CT molecular complexity index is 476. The van der Waals surface area contributed by atoms with Crippen LogP contribution in [0.15, 0.2) is 36.4 Å². The van der Waals surface area contributed by atoms with Crippen molar-refractivity contribution in [2.45, 2.75) is 12.4 Å². The highest BCUT2D eigenvalue weighted by Gasteiger charge is 2.62. The first-order chi connectivity index (χ1) is 9.62. The van der Waals surface area contributed by atoms with E-state index in [1.807, 2.05) is 0 Å². The molecule has 0 aromatic heterocycles. The molecule has 0 N–H and O–H groups in total. The fourth-order valence-corrected chi connectivity index (χ4v) is 1.41. The summed E-state index contributed by atoms with van der Waals surface area (Å²) in [6.45, 7) is -0.684. The highest BCUT2D eigenvalue weighted by molar-refractivity contribution is 5.74. The van der Waals surface area contributed by atoms with Gasteiger partial charge < -0.3 is 4.74 Å². The molecule has 116 valence electrons. The van der Waals surface area contributed by atoms with Gasteiger partial charge in [0.2, 0.25) is 5.92 Å². The van der Waals surface area contributed by atoms with Gasteiger partial charge in [0.15, 0.2) is 0 Å². The summed E-state index contributed by atoms with van der Waals surface area (Å²) in [4.78, 5) is 11.0. The number of esters is 1. The third-order valence-corrected chi connectivity index (χ3v) is 2.32. The van der Waals surface area contributed by atoms with Crippen molar-refractivity contribution < 1.29 is 35.9 Å². The van der Waals surface area contributed by atoms with Crippen LogP contribution < -0.4 is 0 Å². The van der Waals surface area contributed by atoms with Crippen molar-refractivity contribution in [3.63, 3.8) is 0 Å². The first-order valence-corrected chi connectivity index (χ1v) is 5.64. The molecule has 0 aliphatic heterocycles. The van der Waals surface area contributed by atoms with E-state index in [0.717, 1.165) is 6.08 Å². The molecule has 21 heavy (non-hydrogen) atoms. The normalized spacial score (nSPS) is 12.9. The van der Waals surface area contributed by atoms with Crippen LogP contribution in [0, 0.1) is 5.92 Å². The topological polar surface area (TPSA) is 26.3 Å². The molecule has 1 aromatic rings. The van der Waals surface area contributed by atoms with Crippen molar-refractivity contribution in [2.24, 2.45) is 5.92 Å². The minimum absolute atomic E-state index is 0.664. The second-order valence-corrected chi connectivity index (χ2v) is 3.96. The van der Waals surface area contributed by atoms with E-state index in [-0.39, 0.29) is 0 Å². The molecule has 0 atom stereocenters. The Kier molecular flexibility index (Phi) is 5.40. The molecule has 0 fully saturated rings. The van der Waals surface area contributed by atoms with E-state index in [1.165, 1.54) is 6.08 Å². The second kappa shape index (κ2) is 6.64. The quantitative estimate of drug-likeness (QED) is 0.621. The number of alkyl halides is 6. The Labute approximate surface area is 116 Å². The molecule has 0 aliphatic rings. The van der Waals surface area contributed by atoms with Gasteiger partial charge in [-0.1, -0.05) is 36.4 Å². The number of halogens is 6. The maximum atomic E-state index is 12.2. The largest absolute Gasteiger partial charge is 0.461 e. The zero-order valence-electron chi connectivity index (χ0n) is 10.4. The minimum atomic E-state index is -5.74. The van der Waals surface area contributed by atoms with E-state index in [4.69, 9.17) is 0 Å². The van der Waals surface area contributed by atoms with E-state index in [0.29, 0.717) is 5.56 Å². The SMILES string of the molecule is O=C(OC/C=C/c1ccccc1)C(C(F)(F)F)C(F)(F)F. The highest BCUT2D eigenvalue weighted by Crippen LogP contribution is 2.39. The van der Waals surface area contributed by atoms with Gasteiger partial charge in [-0.3, -0.25) is 4.79 Å². The summed E-state index contributed by atoms with van der Waals surface area (Å²) >= 11 is 0. The average molecular weight is 312 g/mol. The monoisotopic (exact) mass is 312 g/mol. The molecule has 1 aromatic carbocycles. The van der Waals surface area contributed by atoms with Gasteiger partial charge in [-0.15, -0.1) is 0 Å². The van der Waals surface area contributed by atoms with Crippen molar-refractivity contribution in [3.8, 4) is 0 Å². The van der Waals surface area contributed by atoms with Gasteiger partial charge in [-0.05, 0) is 11.6 Å². The first kappa shape index (κ1) is 17.1. The van der Waals surface area contributed by atoms with Gasteiger partial charge >= 0.3 is 18.3 Å². The summed E-state index contributed by atoms with van der Waals surface area (Å²) in [5, 5.41) is 0. The Balaban J connectivity index is 2.61. The summed E-state index contributed by atoms with van der Waals surface area (Å²) in [5.74, 6) is -6.50. The molecule has 8 heteroatoms. The fourth-order valence-electron chi connectivity index (χ4n) is 1.41. The van der Waals surface area contributed by atoms with Gasteiger partial charge in [-0.2, -0.15) is 26.3 Å². The van der Waals surface area contributed by atoms with Crippen molar-refractivity contribution in [1.82, 2.24) is 0 Å². The molecular formula is C13H10F6O2. The molecule has 0 amide bonds. The number of carbonyl (C=O) groups is 1. The number of rotatable bonds is 4. The Morgan fingerprint density at radius 1 is 1.05 bits per heavy atom. The lowest BCUT2D eigenvalue weighted by Gasteiger charge is -2.20. The molecule has 0 bridgehead atoms. The summed E-state index contributed by atoms with van der Waals surface area (Å²) in [7, 11) is 0. The van der Waals surface area contributed by atoms with Gasteiger partial charge in [0.05, 0.1) is 0 Å². The molecule has 1 rings (SSSR count). The molecule has 0 heterocycles. The van der Waals surface area contributed by atoms with Gasteiger partial charge in [0.25, 0.3) is 0 Å². The number of hydrogen-bond acceptors (Lipinski definition) is 2. The standard InChI is InChI=1S/C13H10F6O2/c14-12(15,16)10(13(17,18)19)11(20)21-8-4-7-9-5-2-1-3-6-9/h1-7,10H,8H2/b7-4+. The van der Waals surface area contributed by atoms with Crippen LogP contribution in [-0.2, 0) is 9.53 Å². The number of benzene rings is 1. The number of ether oxygens (including phenoxy) is 1. The smallest absolute Gasteiger partial charge is 0.411 e. The molecule has 0 saturated carbocycles. The van der Waals surface area contributed by atoms with Crippen LogP contribution in [0.4, 0.5) is 26.3 Å². The van der Waals surface area contributed by atoms with Crippen LogP contribution in [0.2, 0.25) is 0 Å². The number of carbonyl (C=O) groups excluding carboxylic acids is 1. The lowest BCUT2D eigenvalue weighted by molar-refractivity contribution is -0.281. The summed E-state index contributed by atoms with van der Waals surface area (Å²) in [5.41, 5.74) is 0.664. The van der Waals surface area contributed by atoms with E-state index < -0.39 is 30.8 Å². The summed E-state index contributed by atoms with van der Waals surface area (Å²) in [6.07, 6.45) is -8.92. The van der Waals surface area contributed by atoms with Gasteiger partial charge in [0.1, 0.15) is 6.61 Å². The minimum Gasteiger partial charge on any atom is -0.461 e. The van der Waals surface area contributed by atoms with Crippen LogP contribution in [0.25, 0.3) is 6.08 Å². The molecule has 0 radical (unpaired) electrons. The Morgan fingerprint density at radius 3 is 2.05 bits per heavy atom. The lowest BCUT2D eigenvalue weighted by atomic mass is 10.1. The van der Waals surface area contributed by atoms with E-state index in [1.54, 1.807) is 30.3 Å². The second-order valence-electron chi connectivity index (χ2n) is 3.96. The fraction of sp³-hybridized carbons (Fsp3) is 0.308. The van der Waals surface area contributed by atoms with Crippen molar-refractivity contribution in [1.29, 1.82) is 0 Å². The van der Waals surface area contributed by atoms with E-state index in [9.17, 15) is 31.1 Å². The molecular weight excluding hydrogens is 302 g/mol. The maximum absolute atomic E-state index is 12.2. The van der Waals surface area contributed by atoms with Gasteiger partial charge in [0, 0.05) is 0 Å². The van der Waals surface area contributed by atoms with Crippen LogP contribution in [0.1, 0.15) is 5.56 Å². The third-order valence-electron chi connectivity index (χ3n) is 2.32. The van der Waals surface area contributed by atoms with Crippen molar-refractivity contribution in [2.75, 3.05) is 6.61 Å². The van der Waals surface area contributed by atoms with Crippen LogP contribution >= 0.6 is 0 Å². The lowest BCUT2D eigenvalue weighted by Crippen LogP contribution is -2.43. The molecule has 0 spiro atoms. The van der Waals surface area contributed by atoms with E-state index >= 15 is 0 Å². The highest BCUT2D eigenvalue weighted by atomic mass is 19.4. The zero-order valence-corrected chi connectivity index (χ0v) is 10.4. The van der Waals surface area contributed by atoms with Gasteiger partial charge in [-0.25, -0.2) is 0 Å². The Morgan fingerprint density at radius 2 is 1.57 bits per heavy atom. The molecule has 0 unspecified atom stereocenters. The van der Waals surface area contributed by atoms with Crippen LogP contribution in [-0.4, -0.2) is 24.9 Å². The predicted octanol–water partition coefficient (Wildman–Crippen LogP) is 3.98. The van der Waals surface area contributed by atoms with Crippen LogP contribution in [0.5, 0.6) is 0 Å². The summed E-state index contributed by atoms with van der Waals surface area (Å²) < 4.78 is 77.2. The summed E-state index contributed by atoms with van der Waals surface area (Å²) in [6, 6.07) is 8.43. The van der Waals surface area contributed by atoms with Crippen molar-refractivity contribution in [3.05, 3.63) is 42.0 Å². The average Bonchev–Trinajstić information content (AvgIpc) is 2.32. The Hall–Kier alpha value is -1.99. The van der Waals surface area contributed by atoms with Crippen molar-refractivity contribution >= 4 is 12.0 Å². The maximum Gasteiger partial charge on any atom is 0.411 e. The van der Waals surface area contributed by atoms with E-state index in [2.05, 4.69) is 4.74 Å². The zero-order chi connectivity index (χ0) is 16.1. The number of hydrogen-bond donors (Lipinski definition) is 0. The van der Waals surface area contributed by atoms with Crippen LogP contribution in [0.3, 0.4) is 0 Å². The molecule has 2 nitrogen and oxygen atoms in total. The first-order valence-electron chi connectivity index (χ1n) is 5.64.